The van der Waals surface area contributed by atoms with Crippen molar-refractivity contribution in [2.45, 2.75) is 0 Å². The van der Waals surface area contributed by atoms with Gasteiger partial charge in [-0.3, -0.25) is 0 Å². The van der Waals surface area contributed by atoms with Crippen molar-refractivity contribution in [1.82, 2.24) is 0 Å². The van der Waals surface area contributed by atoms with E-state index in [1.54, 1.807) is 6.29 Å². The molecular weight excluding hydrogens is 344 g/mol. The summed E-state index contributed by atoms with van der Waals surface area (Å²) in [7, 11) is 0. The molecule has 0 fully saturated rings. The maximum absolute atomic E-state index is 10.3. The van der Waals surface area contributed by atoms with Gasteiger partial charge < -0.3 is 15.4 Å². The molecule has 1 rings (SSSR count). The minimum Gasteiger partial charge on any atom is -0.478 e. The summed E-state index contributed by atoms with van der Waals surface area (Å²) < 4.78 is 0. The minimum atomic E-state index is -0.998. The topological polar surface area (TPSA) is 85.9 Å². The van der Waals surface area contributed by atoms with E-state index < -0.39 is 5.97 Å². The van der Waals surface area contributed by atoms with Gasteiger partial charge in [0.1, 0.15) is 0 Å². The van der Waals surface area contributed by atoms with Crippen LogP contribution in [-0.2, 0) is 25.9 Å². The number of carbonyl (C=O) groups excluding carboxylic acids is 1. The quantitative estimate of drug-likeness (QED) is 0.762. The van der Waals surface area contributed by atoms with Gasteiger partial charge in [-0.15, -0.1) is 12.1 Å². The van der Waals surface area contributed by atoms with Gasteiger partial charge in [0.05, 0.1) is 6.29 Å². The van der Waals surface area contributed by atoms with Crippen LogP contribution in [0.4, 0.5) is 0 Å². The number of carboxylic acids is 1. The molecule has 0 aromatic heterocycles. The molecule has 13 heavy (non-hydrogen) atoms. The molecule has 0 atom stereocenters. The number of benzene rings is 1. The SMILES string of the molecule is O.O=[C-]c1ccc(C(=O)O)cc1.[W]. The Morgan fingerprint density at radius 2 is 1.69 bits per heavy atom. The Kier molecular flexibility index (Phi) is 7.28. The number of aromatic carboxylic acids is 1. The Labute approximate surface area is 89.1 Å². The molecule has 0 saturated carbocycles. The second kappa shape index (κ2) is 6.52. The molecule has 0 saturated heterocycles. The van der Waals surface area contributed by atoms with Crippen molar-refractivity contribution >= 4 is 12.3 Å². The van der Waals surface area contributed by atoms with Gasteiger partial charge in [0.15, 0.2) is 0 Å². The van der Waals surface area contributed by atoms with Crippen LogP contribution in [0.1, 0.15) is 15.9 Å². The third-order valence-corrected chi connectivity index (χ3v) is 1.25. The van der Waals surface area contributed by atoms with E-state index in [9.17, 15) is 9.59 Å². The number of hydrogen-bond acceptors (Lipinski definition) is 2. The zero-order valence-electron chi connectivity index (χ0n) is 6.48. The van der Waals surface area contributed by atoms with E-state index in [2.05, 4.69) is 0 Å². The largest absolute Gasteiger partial charge is 0.478 e. The Balaban J connectivity index is 0. The van der Waals surface area contributed by atoms with E-state index in [0.717, 1.165) is 0 Å². The first kappa shape index (κ1) is 14.5. The predicted molar refractivity (Wildman–Crippen MR) is 41.8 cm³/mol. The number of carbonyl (C=O) groups is 1. The second-order valence-electron chi connectivity index (χ2n) is 1.98. The fraction of sp³-hybridized carbons (Fsp3) is 0. The van der Waals surface area contributed by atoms with Gasteiger partial charge in [0.25, 0.3) is 0 Å². The van der Waals surface area contributed by atoms with E-state index >= 15 is 0 Å². The molecule has 4 nitrogen and oxygen atoms in total. The van der Waals surface area contributed by atoms with Crippen LogP contribution in [0.2, 0.25) is 0 Å². The van der Waals surface area contributed by atoms with E-state index in [0.29, 0.717) is 5.56 Å². The van der Waals surface area contributed by atoms with Gasteiger partial charge in [0, 0.05) is 26.6 Å². The summed E-state index contributed by atoms with van der Waals surface area (Å²) in [6.07, 6.45) is 1.65. The minimum absolute atomic E-state index is 0. The van der Waals surface area contributed by atoms with E-state index in [-0.39, 0.29) is 32.1 Å². The summed E-state index contributed by atoms with van der Waals surface area (Å²) in [5, 5.41) is 8.45. The van der Waals surface area contributed by atoms with E-state index in [4.69, 9.17) is 5.11 Å². The fourth-order valence-electron chi connectivity index (χ4n) is 0.681. The van der Waals surface area contributed by atoms with Crippen molar-refractivity contribution in [3.63, 3.8) is 0 Å². The first-order valence-electron chi connectivity index (χ1n) is 2.95. The van der Waals surface area contributed by atoms with Gasteiger partial charge in [-0.1, -0.05) is 0 Å². The molecule has 0 aliphatic heterocycles. The fourth-order valence-corrected chi connectivity index (χ4v) is 0.681. The summed E-state index contributed by atoms with van der Waals surface area (Å²) >= 11 is 0. The van der Waals surface area contributed by atoms with Crippen molar-refractivity contribution < 1.29 is 41.2 Å². The number of rotatable bonds is 2. The molecule has 70 valence electrons. The molecule has 0 aliphatic rings. The van der Waals surface area contributed by atoms with Crippen LogP contribution in [0.25, 0.3) is 0 Å². The second-order valence-corrected chi connectivity index (χ2v) is 1.98. The molecule has 0 heterocycles. The zero-order chi connectivity index (χ0) is 8.27. The summed E-state index contributed by atoms with van der Waals surface area (Å²) in [5.74, 6) is -0.998. The Morgan fingerprint density at radius 1 is 1.23 bits per heavy atom. The standard InChI is InChI=1S/C8H5O3.H2O.W/c9-5-6-1-3-7(4-2-6)8(10)11;;/h1-4H,(H,10,11);1H2;/q-1;;. The monoisotopic (exact) mass is 351 g/mol. The Bertz CT molecular complexity index is 281. The van der Waals surface area contributed by atoms with Gasteiger partial charge >= 0.3 is 5.97 Å². The molecule has 0 unspecified atom stereocenters. The molecule has 0 bridgehead atoms. The van der Waals surface area contributed by atoms with Crippen molar-refractivity contribution in [2.75, 3.05) is 0 Å². The summed E-state index contributed by atoms with van der Waals surface area (Å²) in [5.41, 5.74) is 0.527. The van der Waals surface area contributed by atoms with Crippen LogP contribution in [-0.4, -0.2) is 22.8 Å². The third-order valence-electron chi connectivity index (χ3n) is 1.25. The third kappa shape index (κ3) is 3.97. The van der Waals surface area contributed by atoms with Crippen molar-refractivity contribution in [3.05, 3.63) is 35.4 Å². The number of carboxylic acid groups (broad SMARTS) is 1. The molecule has 0 amide bonds. The molecule has 0 spiro atoms. The average Bonchev–Trinajstić information content (AvgIpc) is 2.05. The molecular formula is C8H7O4W-. The molecule has 5 heteroatoms. The molecule has 0 radical (unpaired) electrons. The van der Waals surface area contributed by atoms with Crippen LogP contribution in [0.5, 0.6) is 0 Å². The number of hydrogen-bond donors (Lipinski definition) is 1. The summed E-state index contributed by atoms with van der Waals surface area (Å²) in [4.78, 5) is 20.3. The smallest absolute Gasteiger partial charge is 0.333 e. The van der Waals surface area contributed by atoms with E-state index in [1.165, 1.54) is 24.3 Å². The van der Waals surface area contributed by atoms with Crippen LogP contribution in [0, 0.1) is 0 Å². The Morgan fingerprint density at radius 3 is 2.00 bits per heavy atom. The van der Waals surface area contributed by atoms with Gasteiger partial charge in [-0.25, -0.2) is 4.79 Å². The molecule has 1 aromatic carbocycles. The van der Waals surface area contributed by atoms with Crippen LogP contribution >= 0.6 is 0 Å². The molecule has 0 aliphatic carbocycles. The van der Waals surface area contributed by atoms with Gasteiger partial charge in [-0.2, -0.15) is 17.7 Å². The van der Waals surface area contributed by atoms with Crippen LogP contribution in [0.15, 0.2) is 24.3 Å². The normalized spacial score (nSPS) is 7.69. The van der Waals surface area contributed by atoms with Gasteiger partial charge in [0.2, 0.25) is 0 Å². The predicted octanol–water partition coefficient (Wildman–Crippen LogP) is 0.0154. The summed E-state index contributed by atoms with van der Waals surface area (Å²) in [6.45, 7) is 0. The first-order valence-corrected chi connectivity index (χ1v) is 2.95. The van der Waals surface area contributed by atoms with Crippen molar-refractivity contribution in [1.29, 1.82) is 0 Å². The Hall–Kier alpha value is -0.992. The maximum atomic E-state index is 10.3. The van der Waals surface area contributed by atoms with E-state index in [1.807, 2.05) is 0 Å². The van der Waals surface area contributed by atoms with Crippen LogP contribution in [0.3, 0.4) is 0 Å². The van der Waals surface area contributed by atoms with Crippen LogP contribution < -0.4 is 0 Å². The van der Waals surface area contributed by atoms with Gasteiger partial charge in [-0.05, 0) is 0 Å². The van der Waals surface area contributed by atoms with Crippen molar-refractivity contribution in [2.24, 2.45) is 0 Å². The summed E-state index contributed by atoms with van der Waals surface area (Å²) in [6, 6.07) is 5.55. The maximum Gasteiger partial charge on any atom is 0.333 e. The first-order chi connectivity index (χ1) is 5.24. The zero-order valence-corrected chi connectivity index (χ0v) is 9.41. The molecule has 1 aromatic rings. The molecule has 3 N–H and O–H groups in total. The van der Waals surface area contributed by atoms with Crippen molar-refractivity contribution in [3.8, 4) is 0 Å². The average molecular weight is 351 g/mol.